The summed E-state index contributed by atoms with van der Waals surface area (Å²) in [4.78, 5) is 14.4. The van der Waals surface area contributed by atoms with E-state index in [1.54, 1.807) is 0 Å². The SMILES string of the molecule is CCCCCc1nnc(NC(=O)c2cc3c(s2)-c2ccccc2OC3)s1. The molecule has 1 aliphatic heterocycles. The van der Waals surface area contributed by atoms with E-state index >= 15 is 0 Å². The first kappa shape index (κ1) is 17.2. The molecular formula is C19H19N3O2S2. The number of carbonyl (C=O) groups excluding carboxylic acids is 1. The fourth-order valence-corrected chi connectivity index (χ4v) is 4.77. The van der Waals surface area contributed by atoms with Gasteiger partial charge in [0.15, 0.2) is 0 Å². The molecule has 0 spiro atoms. The predicted octanol–water partition coefficient (Wildman–Crippen LogP) is 5.14. The number of thiophene rings is 1. The topological polar surface area (TPSA) is 64.1 Å². The number of benzene rings is 1. The highest BCUT2D eigenvalue weighted by Crippen LogP contribution is 2.42. The number of aryl methyl sites for hydroxylation is 1. The number of rotatable bonds is 6. The number of ether oxygens (including phenoxy) is 1. The van der Waals surface area contributed by atoms with Gasteiger partial charge >= 0.3 is 0 Å². The molecule has 1 aromatic carbocycles. The van der Waals surface area contributed by atoms with Crippen molar-refractivity contribution in [2.75, 3.05) is 5.32 Å². The minimum absolute atomic E-state index is 0.141. The monoisotopic (exact) mass is 385 g/mol. The molecular weight excluding hydrogens is 366 g/mol. The van der Waals surface area contributed by atoms with Crippen molar-refractivity contribution < 1.29 is 9.53 Å². The van der Waals surface area contributed by atoms with Gasteiger partial charge in [0.05, 0.1) is 4.88 Å². The highest BCUT2D eigenvalue weighted by atomic mass is 32.1. The summed E-state index contributed by atoms with van der Waals surface area (Å²) < 4.78 is 5.77. The van der Waals surface area contributed by atoms with Crippen molar-refractivity contribution in [2.45, 2.75) is 39.2 Å². The van der Waals surface area contributed by atoms with Gasteiger partial charge in [-0.15, -0.1) is 21.5 Å². The number of unbranched alkanes of at least 4 members (excludes halogenated alkanes) is 2. The molecule has 2 aromatic heterocycles. The summed E-state index contributed by atoms with van der Waals surface area (Å²) in [6, 6.07) is 9.84. The Morgan fingerprint density at radius 1 is 1.23 bits per heavy atom. The van der Waals surface area contributed by atoms with Crippen LogP contribution in [0.1, 0.15) is 46.4 Å². The molecule has 0 saturated carbocycles. The van der Waals surface area contributed by atoms with Crippen LogP contribution in [0.25, 0.3) is 10.4 Å². The van der Waals surface area contributed by atoms with Crippen LogP contribution in [-0.2, 0) is 13.0 Å². The van der Waals surface area contributed by atoms with E-state index in [-0.39, 0.29) is 5.91 Å². The summed E-state index contributed by atoms with van der Waals surface area (Å²) >= 11 is 2.95. The lowest BCUT2D eigenvalue weighted by molar-refractivity contribution is 0.103. The lowest BCUT2D eigenvalue weighted by Gasteiger charge is -2.16. The van der Waals surface area contributed by atoms with Crippen LogP contribution < -0.4 is 10.1 Å². The lowest BCUT2D eigenvalue weighted by Crippen LogP contribution is -2.09. The van der Waals surface area contributed by atoms with Crippen LogP contribution in [-0.4, -0.2) is 16.1 Å². The molecule has 0 radical (unpaired) electrons. The average Bonchev–Trinajstić information content (AvgIpc) is 3.29. The van der Waals surface area contributed by atoms with Crippen LogP contribution in [0, 0.1) is 0 Å². The molecule has 134 valence electrons. The van der Waals surface area contributed by atoms with Crippen molar-refractivity contribution in [3.05, 3.63) is 45.8 Å². The summed E-state index contributed by atoms with van der Waals surface area (Å²) in [7, 11) is 0. The summed E-state index contributed by atoms with van der Waals surface area (Å²) in [6.45, 7) is 2.67. The van der Waals surface area contributed by atoms with Gasteiger partial charge in [0.25, 0.3) is 5.91 Å². The molecule has 3 heterocycles. The second kappa shape index (κ2) is 7.55. The van der Waals surface area contributed by atoms with Crippen LogP contribution in [0.5, 0.6) is 5.75 Å². The Morgan fingerprint density at radius 2 is 2.12 bits per heavy atom. The van der Waals surface area contributed by atoms with E-state index in [0.717, 1.165) is 39.6 Å². The van der Waals surface area contributed by atoms with Gasteiger partial charge < -0.3 is 4.74 Å². The molecule has 7 heteroatoms. The Morgan fingerprint density at radius 3 is 3.00 bits per heavy atom. The fraction of sp³-hybridized carbons (Fsp3) is 0.316. The minimum Gasteiger partial charge on any atom is -0.488 e. The van der Waals surface area contributed by atoms with Crippen molar-refractivity contribution in [3.63, 3.8) is 0 Å². The number of carbonyl (C=O) groups is 1. The van der Waals surface area contributed by atoms with Gasteiger partial charge in [-0.25, -0.2) is 0 Å². The maximum absolute atomic E-state index is 12.6. The first-order chi connectivity index (χ1) is 12.7. The Bertz CT molecular complexity index is 933. The lowest BCUT2D eigenvalue weighted by atomic mass is 10.1. The molecule has 3 aromatic rings. The number of fused-ring (bicyclic) bond motifs is 3. The number of nitrogens with one attached hydrogen (secondary N) is 1. The normalized spacial score (nSPS) is 12.2. The maximum Gasteiger partial charge on any atom is 0.267 e. The van der Waals surface area contributed by atoms with E-state index in [9.17, 15) is 4.79 Å². The number of amides is 1. The smallest absolute Gasteiger partial charge is 0.267 e. The third-order valence-corrected chi connectivity index (χ3v) is 6.34. The Hall–Kier alpha value is -2.25. The number of para-hydroxylation sites is 1. The van der Waals surface area contributed by atoms with Gasteiger partial charge in [0.2, 0.25) is 5.13 Å². The second-order valence-corrected chi connectivity index (χ2v) is 8.28. The molecule has 1 N–H and O–H groups in total. The van der Waals surface area contributed by atoms with Crippen molar-refractivity contribution in [2.24, 2.45) is 0 Å². The maximum atomic E-state index is 12.6. The fourth-order valence-electron chi connectivity index (χ4n) is 2.90. The summed E-state index contributed by atoms with van der Waals surface area (Å²) in [6.07, 6.45) is 4.39. The quantitative estimate of drug-likeness (QED) is 0.597. The molecule has 0 unspecified atom stereocenters. The summed E-state index contributed by atoms with van der Waals surface area (Å²) in [5, 5.41) is 12.7. The van der Waals surface area contributed by atoms with Gasteiger partial charge in [-0.2, -0.15) is 0 Å². The van der Waals surface area contributed by atoms with Crippen molar-refractivity contribution >= 4 is 33.7 Å². The molecule has 26 heavy (non-hydrogen) atoms. The van der Waals surface area contributed by atoms with E-state index in [0.29, 0.717) is 16.6 Å². The summed E-state index contributed by atoms with van der Waals surface area (Å²) in [5.74, 6) is 0.729. The number of aromatic nitrogens is 2. The Balaban J connectivity index is 1.48. The third kappa shape index (κ3) is 3.50. The second-order valence-electron chi connectivity index (χ2n) is 6.16. The molecule has 0 fully saturated rings. The molecule has 0 saturated heterocycles. The molecule has 0 atom stereocenters. The van der Waals surface area contributed by atoms with E-state index in [1.165, 1.54) is 35.5 Å². The average molecular weight is 386 g/mol. The highest BCUT2D eigenvalue weighted by Gasteiger charge is 2.22. The number of hydrogen-bond donors (Lipinski definition) is 1. The predicted molar refractivity (Wildman–Crippen MR) is 105 cm³/mol. The Kier molecular flexibility index (Phi) is 4.99. The van der Waals surface area contributed by atoms with E-state index in [2.05, 4.69) is 22.4 Å². The third-order valence-electron chi connectivity index (χ3n) is 4.23. The van der Waals surface area contributed by atoms with Crippen molar-refractivity contribution in [3.8, 4) is 16.2 Å². The van der Waals surface area contributed by atoms with Crippen LogP contribution >= 0.6 is 22.7 Å². The number of anilines is 1. The van der Waals surface area contributed by atoms with Gasteiger partial charge in [-0.1, -0.05) is 43.2 Å². The standard InChI is InChI=1S/C19H19N3O2S2/c1-2-3-4-9-16-21-22-19(26-16)20-18(23)15-10-12-11-24-14-8-6-5-7-13(14)17(12)25-15/h5-8,10H,2-4,9,11H2,1H3,(H,20,22,23). The van der Waals surface area contributed by atoms with Crippen LogP contribution in [0.15, 0.2) is 30.3 Å². The van der Waals surface area contributed by atoms with Crippen LogP contribution in [0.4, 0.5) is 5.13 Å². The Labute approximate surface area is 160 Å². The van der Waals surface area contributed by atoms with E-state index < -0.39 is 0 Å². The van der Waals surface area contributed by atoms with E-state index in [4.69, 9.17) is 4.74 Å². The first-order valence-corrected chi connectivity index (χ1v) is 10.4. The molecule has 1 aliphatic rings. The molecule has 5 nitrogen and oxygen atoms in total. The zero-order valence-corrected chi connectivity index (χ0v) is 16.1. The highest BCUT2D eigenvalue weighted by molar-refractivity contribution is 7.18. The van der Waals surface area contributed by atoms with Gasteiger partial charge in [0.1, 0.15) is 17.4 Å². The molecule has 4 rings (SSSR count). The first-order valence-electron chi connectivity index (χ1n) is 8.73. The molecule has 0 aliphatic carbocycles. The zero-order valence-electron chi connectivity index (χ0n) is 14.4. The van der Waals surface area contributed by atoms with Crippen molar-refractivity contribution in [1.29, 1.82) is 0 Å². The van der Waals surface area contributed by atoms with Crippen molar-refractivity contribution in [1.82, 2.24) is 10.2 Å². The number of hydrogen-bond acceptors (Lipinski definition) is 6. The summed E-state index contributed by atoms with van der Waals surface area (Å²) in [5.41, 5.74) is 2.10. The van der Waals surface area contributed by atoms with Gasteiger partial charge in [-0.3, -0.25) is 10.1 Å². The number of nitrogens with zero attached hydrogens (tertiary/aromatic N) is 2. The van der Waals surface area contributed by atoms with Gasteiger partial charge in [-0.05, 0) is 24.6 Å². The minimum atomic E-state index is -0.141. The zero-order chi connectivity index (χ0) is 17.9. The molecule has 1 amide bonds. The van der Waals surface area contributed by atoms with E-state index in [1.807, 2.05) is 30.3 Å². The van der Waals surface area contributed by atoms with Crippen LogP contribution in [0.3, 0.4) is 0 Å². The largest absolute Gasteiger partial charge is 0.488 e. The molecule has 0 bridgehead atoms. The van der Waals surface area contributed by atoms with Gasteiger partial charge in [0, 0.05) is 22.4 Å². The van der Waals surface area contributed by atoms with Crippen LogP contribution in [0.2, 0.25) is 0 Å².